The molecule has 0 bridgehead atoms. The summed E-state index contributed by atoms with van der Waals surface area (Å²) in [5.41, 5.74) is 4.49. The Kier molecular flexibility index (Phi) is 4.56. The van der Waals surface area contributed by atoms with Crippen molar-refractivity contribution in [1.82, 2.24) is 29.6 Å². The summed E-state index contributed by atoms with van der Waals surface area (Å²) in [6.07, 6.45) is 7.12. The number of aromatic amines is 1. The van der Waals surface area contributed by atoms with Gasteiger partial charge in [-0.3, -0.25) is 9.89 Å². The lowest BCUT2D eigenvalue weighted by Crippen LogP contribution is -2.38. The highest BCUT2D eigenvalue weighted by molar-refractivity contribution is 5.96. The fourth-order valence-electron chi connectivity index (χ4n) is 4.03. The molecule has 0 aliphatic carbocycles. The van der Waals surface area contributed by atoms with Gasteiger partial charge in [0, 0.05) is 37.1 Å². The summed E-state index contributed by atoms with van der Waals surface area (Å²) in [4.78, 5) is 23.9. The average molecular weight is 386 g/mol. The number of carbonyl (C=O) groups is 1. The lowest BCUT2D eigenvalue weighted by molar-refractivity contribution is 0.0712. The van der Waals surface area contributed by atoms with E-state index in [4.69, 9.17) is 0 Å². The van der Waals surface area contributed by atoms with Gasteiger partial charge in [0.2, 0.25) is 0 Å². The minimum absolute atomic E-state index is 0.0278. The van der Waals surface area contributed by atoms with Gasteiger partial charge in [-0.05, 0) is 30.5 Å². The second-order valence-electron chi connectivity index (χ2n) is 7.50. The molecule has 5 rings (SSSR count). The van der Waals surface area contributed by atoms with Crippen LogP contribution in [0.25, 0.3) is 11.2 Å². The Hall–Kier alpha value is -3.48. The maximum Gasteiger partial charge on any atom is 0.255 e. The van der Waals surface area contributed by atoms with E-state index in [0.717, 1.165) is 42.8 Å². The van der Waals surface area contributed by atoms with E-state index < -0.39 is 0 Å². The van der Waals surface area contributed by atoms with Gasteiger partial charge >= 0.3 is 0 Å². The van der Waals surface area contributed by atoms with E-state index in [-0.39, 0.29) is 5.91 Å². The molecule has 1 amide bonds. The molecule has 4 heterocycles. The number of nitrogens with zero attached hydrogens (tertiary/aromatic N) is 5. The van der Waals surface area contributed by atoms with Crippen molar-refractivity contribution in [3.8, 4) is 0 Å². The molecule has 0 radical (unpaired) electrons. The first-order chi connectivity index (χ1) is 14.3. The van der Waals surface area contributed by atoms with E-state index >= 15 is 0 Å². The molecular formula is C22H22N6O. The predicted octanol–water partition coefficient (Wildman–Crippen LogP) is 3.22. The second kappa shape index (κ2) is 7.50. The molecule has 7 nitrogen and oxygen atoms in total. The highest BCUT2D eigenvalue weighted by atomic mass is 16.2. The van der Waals surface area contributed by atoms with Crippen LogP contribution in [0.1, 0.15) is 40.4 Å². The van der Waals surface area contributed by atoms with Gasteiger partial charge in [-0.15, -0.1) is 0 Å². The lowest BCUT2D eigenvalue weighted by Gasteiger charge is -2.31. The van der Waals surface area contributed by atoms with Crippen LogP contribution in [-0.2, 0) is 6.54 Å². The number of benzene rings is 1. The number of amides is 1. The van der Waals surface area contributed by atoms with Gasteiger partial charge in [-0.25, -0.2) is 9.97 Å². The van der Waals surface area contributed by atoms with Crippen LogP contribution in [0, 0.1) is 0 Å². The Bertz CT molecular complexity index is 1110. The first kappa shape index (κ1) is 17.6. The predicted molar refractivity (Wildman–Crippen MR) is 110 cm³/mol. The fourth-order valence-corrected chi connectivity index (χ4v) is 4.03. The van der Waals surface area contributed by atoms with Gasteiger partial charge in [0.05, 0.1) is 18.4 Å². The lowest BCUT2D eigenvalue weighted by atomic mass is 9.93. The normalized spacial score (nSPS) is 15.1. The van der Waals surface area contributed by atoms with E-state index in [1.54, 1.807) is 18.7 Å². The summed E-state index contributed by atoms with van der Waals surface area (Å²) < 4.78 is 2.01. The molecular weight excluding hydrogens is 364 g/mol. The standard InChI is InChI=1S/C22H22N6O/c29-22(27-10-7-17(8-11-27)19-6-9-25-26-19)18-12-20-21(23-13-18)28(15-24-20)14-16-4-2-1-3-5-16/h1-6,9,12-13,15,17H,7-8,10-11,14H2,(H,25,26). The molecule has 4 aromatic rings. The number of piperidine rings is 1. The average Bonchev–Trinajstić information content (AvgIpc) is 3.44. The third-order valence-corrected chi connectivity index (χ3v) is 5.64. The zero-order chi connectivity index (χ0) is 19.6. The topological polar surface area (TPSA) is 79.7 Å². The number of rotatable bonds is 4. The highest BCUT2D eigenvalue weighted by Crippen LogP contribution is 2.27. The first-order valence-electron chi connectivity index (χ1n) is 9.91. The zero-order valence-electron chi connectivity index (χ0n) is 16.0. The van der Waals surface area contributed by atoms with Gasteiger partial charge in [-0.1, -0.05) is 30.3 Å². The Labute approximate surface area is 168 Å². The maximum atomic E-state index is 13.0. The SMILES string of the molecule is O=C(c1cnc2c(c1)ncn2Cc1ccccc1)N1CCC(c2ccn[nH]2)CC1. The Morgan fingerprint density at radius 2 is 1.93 bits per heavy atom. The molecule has 146 valence electrons. The van der Waals surface area contributed by atoms with E-state index in [1.807, 2.05) is 39.8 Å². The number of hydrogen-bond donors (Lipinski definition) is 1. The number of carbonyl (C=O) groups excluding carboxylic acids is 1. The monoisotopic (exact) mass is 386 g/mol. The molecule has 0 saturated carbocycles. The van der Waals surface area contributed by atoms with Crippen LogP contribution in [0.3, 0.4) is 0 Å². The van der Waals surface area contributed by atoms with Crippen molar-refractivity contribution in [3.63, 3.8) is 0 Å². The van der Waals surface area contributed by atoms with Gasteiger partial charge in [-0.2, -0.15) is 5.10 Å². The zero-order valence-corrected chi connectivity index (χ0v) is 16.0. The van der Waals surface area contributed by atoms with Crippen LogP contribution in [-0.4, -0.2) is 48.6 Å². The fraction of sp³-hybridized carbons (Fsp3) is 0.273. The van der Waals surface area contributed by atoms with Crippen molar-refractivity contribution in [2.24, 2.45) is 0 Å². The van der Waals surface area contributed by atoms with Crippen LogP contribution in [0.4, 0.5) is 0 Å². The molecule has 7 heteroatoms. The molecule has 1 N–H and O–H groups in total. The van der Waals surface area contributed by atoms with Crippen LogP contribution in [0.15, 0.2) is 61.2 Å². The minimum atomic E-state index is 0.0278. The third-order valence-electron chi connectivity index (χ3n) is 5.64. The second-order valence-corrected chi connectivity index (χ2v) is 7.50. The summed E-state index contributed by atoms with van der Waals surface area (Å²) in [7, 11) is 0. The van der Waals surface area contributed by atoms with Crippen LogP contribution >= 0.6 is 0 Å². The minimum Gasteiger partial charge on any atom is -0.339 e. The molecule has 0 spiro atoms. The summed E-state index contributed by atoms with van der Waals surface area (Å²) in [6, 6.07) is 14.1. The van der Waals surface area contributed by atoms with Crippen molar-refractivity contribution in [1.29, 1.82) is 0 Å². The molecule has 1 fully saturated rings. The van der Waals surface area contributed by atoms with Crippen molar-refractivity contribution in [2.45, 2.75) is 25.3 Å². The van der Waals surface area contributed by atoms with Crippen molar-refractivity contribution < 1.29 is 4.79 Å². The van der Waals surface area contributed by atoms with E-state index in [1.165, 1.54) is 5.56 Å². The molecule has 0 atom stereocenters. The smallest absolute Gasteiger partial charge is 0.255 e. The molecule has 1 saturated heterocycles. The maximum absolute atomic E-state index is 13.0. The molecule has 1 aliphatic heterocycles. The van der Waals surface area contributed by atoms with E-state index in [2.05, 4.69) is 32.3 Å². The molecule has 3 aromatic heterocycles. The number of pyridine rings is 1. The van der Waals surface area contributed by atoms with E-state index in [0.29, 0.717) is 18.0 Å². The van der Waals surface area contributed by atoms with Gasteiger partial charge < -0.3 is 9.47 Å². The van der Waals surface area contributed by atoms with Crippen molar-refractivity contribution >= 4 is 17.1 Å². The van der Waals surface area contributed by atoms with Gasteiger partial charge in [0.1, 0.15) is 5.52 Å². The quantitative estimate of drug-likeness (QED) is 0.584. The Balaban J connectivity index is 1.30. The van der Waals surface area contributed by atoms with Crippen LogP contribution in [0.5, 0.6) is 0 Å². The number of nitrogens with one attached hydrogen (secondary N) is 1. The van der Waals surface area contributed by atoms with Crippen LogP contribution < -0.4 is 0 Å². The third kappa shape index (κ3) is 3.51. The van der Waals surface area contributed by atoms with E-state index in [9.17, 15) is 4.79 Å². The number of H-pyrrole nitrogens is 1. The van der Waals surface area contributed by atoms with Crippen molar-refractivity contribution in [2.75, 3.05) is 13.1 Å². The summed E-state index contributed by atoms with van der Waals surface area (Å²) >= 11 is 0. The highest BCUT2D eigenvalue weighted by Gasteiger charge is 2.25. The summed E-state index contributed by atoms with van der Waals surface area (Å²) in [5, 5.41) is 7.08. The molecule has 29 heavy (non-hydrogen) atoms. The Morgan fingerprint density at radius 3 is 2.69 bits per heavy atom. The largest absolute Gasteiger partial charge is 0.339 e. The number of fused-ring (bicyclic) bond motifs is 1. The number of imidazole rings is 1. The number of hydrogen-bond acceptors (Lipinski definition) is 4. The Morgan fingerprint density at radius 1 is 1.10 bits per heavy atom. The van der Waals surface area contributed by atoms with Crippen LogP contribution in [0.2, 0.25) is 0 Å². The van der Waals surface area contributed by atoms with Gasteiger partial charge in [0.15, 0.2) is 5.65 Å². The van der Waals surface area contributed by atoms with Crippen molar-refractivity contribution in [3.05, 3.63) is 78.0 Å². The molecule has 0 unspecified atom stereocenters. The molecule has 1 aliphatic rings. The summed E-state index contributed by atoms with van der Waals surface area (Å²) in [5.74, 6) is 0.468. The first-order valence-corrected chi connectivity index (χ1v) is 9.91. The van der Waals surface area contributed by atoms with Gasteiger partial charge in [0.25, 0.3) is 5.91 Å². The number of aromatic nitrogens is 5. The summed E-state index contributed by atoms with van der Waals surface area (Å²) in [6.45, 7) is 2.19. The number of likely N-dealkylation sites (tertiary alicyclic amines) is 1. The molecule has 1 aromatic carbocycles.